The van der Waals surface area contributed by atoms with E-state index in [-0.39, 0.29) is 15.7 Å². The van der Waals surface area contributed by atoms with Crippen molar-refractivity contribution in [1.29, 1.82) is 0 Å². The summed E-state index contributed by atoms with van der Waals surface area (Å²) in [6.45, 7) is 0. The Labute approximate surface area is 174 Å². The summed E-state index contributed by atoms with van der Waals surface area (Å²) in [5.41, 5.74) is 1.27. The van der Waals surface area contributed by atoms with Gasteiger partial charge in [0.05, 0.1) is 24.0 Å². The van der Waals surface area contributed by atoms with E-state index in [9.17, 15) is 13.2 Å². The van der Waals surface area contributed by atoms with Crippen LogP contribution in [0.3, 0.4) is 0 Å². The van der Waals surface area contributed by atoms with Crippen LogP contribution < -0.4 is 14.8 Å². The zero-order valence-electron chi connectivity index (χ0n) is 16.4. The lowest BCUT2D eigenvalue weighted by molar-refractivity contribution is -0.111. The molecule has 30 heavy (non-hydrogen) atoms. The van der Waals surface area contributed by atoms with Gasteiger partial charge in [-0.1, -0.05) is 6.07 Å². The van der Waals surface area contributed by atoms with Gasteiger partial charge in [0.25, 0.3) is 0 Å². The zero-order chi connectivity index (χ0) is 21.6. The predicted octanol–water partition coefficient (Wildman–Crippen LogP) is 3.58. The van der Waals surface area contributed by atoms with E-state index in [2.05, 4.69) is 10.3 Å². The highest BCUT2D eigenvalue weighted by Crippen LogP contribution is 2.32. The summed E-state index contributed by atoms with van der Waals surface area (Å²) in [5.74, 6) is 0.422. The lowest BCUT2D eigenvalue weighted by Gasteiger charge is -2.11. The maximum Gasteiger partial charge on any atom is 0.248 e. The number of benzene rings is 2. The number of sulfone groups is 1. The molecule has 0 saturated carbocycles. The van der Waals surface area contributed by atoms with E-state index in [1.54, 1.807) is 24.5 Å². The van der Waals surface area contributed by atoms with E-state index in [1.165, 1.54) is 62.8 Å². The number of carbonyl (C=O) groups is 1. The molecule has 3 rings (SSSR count). The van der Waals surface area contributed by atoms with E-state index in [0.717, 1.165) is 5.56 Å². The molecular formula is C22H20N2O5S. The molecule has 3 aromatic rings. The Balaban J connectivity index is 1.74. The Bertz CT molecular complexity index is 1160. The second-order valence-electron chi connectivity index (χ2n) is 6.15. The summed E-state index contributed by atoms with van der Waals surface area (Å²) < 4.78 is 36.1. The van der Waals surface area contributed by atoms with Gasteiger partial charge in [0.15, 0.2) is 11.5 Å². The maximum atomic E-state index is 12.9. The fourth-order valence-corrected chi connectivity index (χ4v) is 3.94. The van der Waals surface area contributed by atoms with E-state index in [4.69, 9.17) is 9.47 Å². The molecule has 0 fully saturated rings. The van der Waals surface area contributed by atoms with E-state index < -0.39 is 9.84 Å². The molecule has 1 N–H and O–H groups in total. The first-order chi connectivity index (χ1) is 14.4. The third kappa shape index (κ3) is 4.84. The van der Waals surface area contributed by atoms with Gasteiger partial charge in [0.2, 0.25) is 15.7 Å². The van der Waals surface area contributed by atoms with E-state index >= 15 is 0 Å². The van der Waals surface area contributed by atoms with Crippen molar-refractivity contribution in [2.45, 2.75) is 9.79 Å². The van der Waals surface area contributed by atoms with Gasteiger partial charge in [-0.2, -0.15) is 0 Å². The van der Waals surface area contributed by atoms with Gasteiger partial charge in [-0.15, -0.1) is 0 Å². The summed E-state index contributed by atoms with van der Waals surface area (Å²) >= 11 is 0. The fraction of sp³-hybridized carbons (Fsp3) is 0.0909. The van der Waals surface area contributed by atoms with Crippen LogP contribution in [0.5, 0.6) is 11.5 Å². The summed E-state index contributed by atoms with van der Waals surface area (Å²) in [6, 6.07) is 13.9. The number of rotatable bonds is 7. The standard InChI is InChI=1S/C22H20N2O5S/c1-28-20-11-10-19(14-21(20)29-2)30(26,27)18-8-6-17(7-9-18)24-22(25)12-5-16-4-3-13-23-15-16/h3-15H,1-2H3,(H,24,25)/b12-5+. The topological polar surface area (TPSA) is 94.6 Å². The number of nitrogens with zero attached hydrogens (tertiary/aromatic N) is 1. The largest absolute Gasteiger partial charge is 0.493 e. The van der Waals surface area contributed by atoms with Crippen molar-refractivity contribution in [3.05, 3.63) is 78.6 Å². The molecule has 0 aliphatic carbocycles. The molecule has 0 radical (unpaired) electrons. The van der Waals surface area contributed by atoms with Crippen molar-refractivity contribution in [2.75, 3.05) is 19.5 Å². The number of pyridine rings is 1. The minimum atomic E-state index is -3.76. The highest BCUT2D eigenvalue weighted by Gasteiger charge is 2.20. The molecular weight excluding hydrogens is 404 g/mol. The number of aromatic nitrogens is 1. The molecule has 1 amide bonds. The van der Waals surface area contributed by atoms with Crippen LogP contribution >= 0.6 is 0 Å². The lowest BCUT2D eigenvalue weighted by Crippen LogP contribution is -2.08. The Morgan fingerprint density at radius 1 is 0.967 bits per heavy atom. The SMILES string of the molecule is COc1ccc(S(=O)(=O)c2ccc(NC(=O)/C=C/c3cccnc3)cc2)cc1OC. The van der Waals surface area contributed by atoms with Crippen LogP contribution in [0.4, 0.5) is 5.69 Å². The van der Waals surface area contributed by atoms with Gasteiger partial charge < -0.3 is 14.8 Å². The van der Waals surface area contributed by atoms with Crippen LogP contribution in [0, 0.1) is 0 Å². The van der Waals surface area contributed by atoms with Crippen LogP contribution in [0.2, 0.25) is 0 Å². The summed E-state index contributed by atoms with van der Waals surface area (Å²) in [7, 11) is -0.841. The average Bonchev–Trinajstić information content (AvgIpc) is 2.78. The number of nitrogens with one attached hydrogen (secondary N) is 1. The van der Waals surface area contributed by atoms with Crippen molar-refractivity contribution >= 4 is 27.5 Å². The first-order valence-electron chi connectivity index (χ1n) is 8.90. The summed E-state index contributed by atoms with van der Waals surface area (Å²) in [4.78, 5) is 16.2. The fourth-order valence-electron chi connectivity index (χ4n) is 2.67. The maximum absolute atomic E-state index is 12.9. The Hall–Kier alpha value is -3.65. The number of hydrogen-bond donors (Lipinski definition) is 1. The molecule has 1 heterocycles. The minimum absolute atomic E-state index is 0.0799. The molecule has 0 unspecified atom stereocenters. The Morgan fingerprint density at radius 2 is 1.67 bits per heavy atom. The number of methoxy groups -OCH3 is 2. The smallest absolute Gasteiger partial charge is 0.248 e. The second kappa shape index (κ2) is 9.23. The Kier molecular flexibility index (Phi) is 6.48. The molecule has 0 atom stereocenters. The first-order valence-corrected chi connectivity index (χ1v) is 10.4. The van der Waals surface area contributed by atoms with Crippen LogP contribution in [0.1, 0.15) is 5.56 Å². The molecule has 0 aliphatic rings. The summed E-state index contributed by atoms with van der Waals surface area (Å²) in [5, 5.41) is 2.69. The molecule has 0 spiro atoms. The van der Waals surface area contributed by atoms with Gasteiger partial charge in [-0.05, 0) is 54.1 Å². The van der Waals surface area contributed by atoms with Gasteiger partial charge in [0, 0.05) is 30.2 Å². The first kappa shape index (κ1) is 21.1. The highest BCUT2D eigenvalue weighted by atomic mass is 32.2. The normalized spacial score (nSPS) is 11.3. The number of amides is 1. The van der Waals surface area contributed by atoms with Crippen molar-refractivity contribution in [3.8, 4) is 11.5 Å². The van der Waals surface area contributed by atoms with Crippen LogP contribution in [-0.4, -0.2) is 33.5 Å². The van der Waals surface area contributed by atoms with Crippen LogP contribution in [-0.2, 0) is 14.6 Å². The zero-order valence-corrected chi connectivity index (χ0v) is 17.2. The summed E-state index contributed by atoms with van der Waals surface area (Å²) in [6.07, 6.45) is 6.30. The monoisotopic (exact) mass is 424 g/mol. The molecule has 7 nitrogen and oxygen atoms in total. The number of hydrogen-bond acceptors (Lipinski definition) is 6. The van der Waals surface area contributed by atoms with Crippen molar-refractivity contribution < 1.29 is 22.7 Å². The third-order valence-electron chi connectivity index (χ3n) is 4.21. The Morgan fingerprint density at radius 3 is 2.30 bits per heavy atom. The number of anilines is 1. The number of carbonyl (C=O) groups excluding carboxylic acids is 1. The molecule has 154 valence electrons. The molecule has 0 saturated heterocycles. The quantitative estimate of drug-likeness (QED) is 0.583. The van der Waals surface area contributed by atoms with Gasteiger partial charge >= 0.3 is 0 Å². The van der Waals surface area contributed by atoms with Gasteiger partial charge in [-0.25, -0.2) is 8.42 Å². The second-order valence-corrected chi connectivity index (χ2v) is 8.10. The lowest BCUT2D eigenvalue weighted by atomic mass is 10.2. The van der Waals surface area contributed by atoms with Crippen molar-refractivity contribution in [3.63, 3.8) is 0 Å². The van der Waals surface area contributed by atoms with E-state index in [1.807, 2.05) is 6.07 Å². The minimum Gasteiger partial charge on any atom is -0.493 e. The highest BCUT2D eigenvalue weighted by molar-refractivity contribution is 7.91. The van der Waals surface area contributed by atoms with Crippen molar-refractivity contribution in [2.24, 2.45) is 0 Å². The molecule has 8 heteroatoms. The van der Waals surface area contributed by atoms with Crippen molar-refractivity contribution in [1.82, 2.24) is 4.98 Å². The molecule has 1 aromatic heterocycles. The molecule has 0 bridgehead atoms. The van der Waals surface area contributed by atoms with Crippen LogP contribution in [0.25, 0.3) is 6.08 Å². The predicted molar refractivity (Wildman–Crippen MR) is 113 cm³/mol. The number of ether oxygens (including phenoxy) is 2. The van der Waals surface area contributed by atoms with Gasteiger partial charge in [0.1, 0.15) is 0 Å². The molecule has 2 aromatic carbocycles. The average molecular weight is 424 g/mol. The van der Waals surface area contributed by atoms with Gasteiger partial charge in [-0.3, -0.25) is 9.78 Å². The molecule has 0 aliphatic heterocycles. The van der Waals surface area contributed by atoms with Crippen LogP contribution in [0.15, 0.2) is 82.9 Å². The third-order valence-corrected chi connectivity index (χ3v) is 5.98. The van der Waals surface area contributed by atoms with E-state index in [0.29, 0.717) is 17.2 Å².